The average Bonchev–Trinajstić information content (AvgIpc) is 3.15. The van der Waals surface area contributed by atoms with Gasteiger partial charge in [0.25, 0.3) is 5.91 Å². The lowest BCUT2D eigenvalue weighted by Crippen LogP contribution is -2.39. The van der Waals surface area contributed by atoms with Gasteiger partial charge in [0.2, 0.25) is 0 Å². The Morgan fingerprint density at radius 2 is 1.63 bits per heavy atom. The number of likely N-dealkylation sites (tertiary alicyclic amines) is 1. The van der Waals surface area contributed by atoms with Crippen LogP contribution in [0.25, 0.3) is 11.1 Å². The predicted octanol–water partition coefficient (Wildman–Crippen LogP) is 7.81. The van der Waals surface area contributed by atoms with Crippen molar-refractivity contribution in [2.45, 2.75) is 52.9 Å². The number of benzene rings is 3. The second-order valence-electron chi connectivity index (χ2n) is 13.3. The third-order valence-electron chi connectivity index (χ3n) is 9.79. The van der Waals surface area contributed by atoms with Gasteiger partial charge in [0.05, 0.1) is 10.6 Å². The number of pyridine rings is 1. The first-order valence-electron chi connectivity index (χ1n) is 17.8. The maximum atomic E-state index is 13.3. The van der Waals surface area contributed by atoms with Gasteiger partial charge in [-0.1, -0.05) is 48.4 Å². The van der Waals surface area contributed by atoms with Gasteiger partial charge in [0, 0.05) is 79.4 Å². The molecule has 6 rings (SSSR count). The number of hydrogen-bond donors (Lipinski definition) is 1. The molecular weight excluding hydrogens is 678 g/mol. The van der Waals surface area contributed by atoms with Gasteiger partial charge in [-0.25, -0.2) is 0 Å². The molecule has 1 N–H and O–H groups in total. The van der Waals surface area contributed by atoms with E-state index in [1.54, 1.807) is 18.5 Å². The molecular formula is C41H46ClN5O3S. The van der Waals surface area contributed by atoms with E-state index in [1.807, 2.05) is 49.0 Å². The quantitative estimate of drug-likeness (QED) is 0.149. The number of nitriles is 1. The maximum absolute atomic E-state index is 13.3. The van der Waals surface area contributed by atoms with E-state index in [0.717, 1.165) is 89.7 Å². The van der Waals surface area contributed by atoms with Crippen LogP contribution in [0.2, 0.25) is 5.02 Å². The topological polar surface area (TPSA) is 90.7 Å². The van der Waals surface area contributed by atoms with Crippen molar-refractivity contribution in [2.24, 2.45) is 0 Å². The molecule has 3 aromatic carbocycles. The summed E-state index contributed by atoms with van der Waals surface area (Å²) in [7, 11) is 0. The summed E-state index contributed by atoms with van der Waals surface area (Å²) >= 11 is 8.86. The van der Waals surface area contributed by atoms with Crippen LogP contribution in [-0.4, -0.2) is 71.5 Å². The normalized spacial score (nSPS) is 15.3. The molecule has 0 aliphatic carbocycles. The van der Waals surface area contributed by atoms with Crippen LogP contribution in [0.15, 0.2) is 67.0 Å². The van der Waals surface area contributed by atoms with Gasteiger partial charge >= 0.3 is 0 Å². The molecule has 51 heavy (non-hydrogen) atoms. The van der Waals surface area contributed by atoms with Crippen LogP contribution in [0, 0.1) is 25.2 Å². The van der Waals surface area contributed by atoms with E-state index in [9.17, 15) is 10.1 Å². The number of ether oxygens (including phenoxy) is 2. The second-order valence-corrected chi connectivity index (χ2v) is 14.9. The molecule has 0 saturated carbocycles. The standard InChI is InChI=1S/C41H46ClN5O3S/c1-29-33(8-6-9-35(29)36-10-7-11-37(30(36)2)41(48)45-12-15-46-16-18-51-19-17-46)28-50-40-22-39(49-27-32-20-31(23-43)24-44-25-32)34(21-38(40)42)26-47-13-4-3-5-14-47/h6-11,20-22,24-25H,3-5,12-19,26-28H2,1-2H3,(H,45,48). The average molecular weight is 724 g/mol. The number of amides is 1. The van der Waals surface area contributed by atoms with Crippen molar-refractivity contribution in [3.8, 4) is 28.7 Å². The fraction of sp³-hybridized carbons (Fsp3) is 0.390. The predicted molar refractivity (Wildman–Crippen MR) is 206 cm³/mol. The Morgan fingerprint density at radius 1 is 0.882 bits per heavy atom. The highest BCUT2D eigenvalue weighted by Crippen LogP contribution is 2.36. The fourth-order valence-corrected chi connectivity index (χ4v) is 8.02. The Bertz CT molecular complexity index is 1870. The van der Waals surface area contributed by atoms with E-state index >= 15 is 0 Å². The number of nitrogens with one attached hydrogen (secondary N) is 1. The van der Waals surface area contributed by atoms with E-state index < -0.39 is 0 Å². The third kappa shape index (κ3) is 9.63. The van der Waals surface area contributed by atoms with Crippen LogP contribution in [0.4, 0.5) is 0 Å². The smallest absolute Gasteiger partial charge is 0.251 e. The monoisotopic (exact) mass is 723 g/mol. The molecule has 0 unspecified atom stereocenters. The molecule has 10 heteroatoms. The first kappa shape index (κ1) is 36.7. The van der Waals surface area contributed by atoms with Crippen LogP contribution >= 0.6 is 23.4 Å². The molecule has 1 aromatic heterocycles. The Balaban J connectivity index is 1.17. The lowest BCUT2D eigenvalue weighted by atomic mass is 9.91. The molecule has 2 aliphatic rings. The zero-order valence-electron chi connectivity index (χ0n) is 29.6. The number of carbonyl (C=O) groups is 1. The molecule has 0 spiro atoms. The Hall–Kier alpha value is -4.07. The van der Waals surface area contributed by atoms with Crippen molar-refractivity contribution < 1.29 is 14.3 Å². The summed E-state index contributed by atoms with van der Waals surface area (Å²) in [4.78, 5) is 22.3. The molecule has 4 aromatic rings. The summed E-state index contributed by atoms with van der Waals surface area (Å²) in [5, 5.41) is 13.0. The van der Waals surface area contributed by atoms with E-state index in [4.69, 9.17) is 21.1 Å². The highest BCUT2D eigenvalue weighted by atomic mass is 35.5. The molecule has 2 fully saturated rings. The minimum Gasteiger partial charge on any atom is -0.488 e. The van der Waals surface area contributed by atoms with E-state index in [-0.39, 0.29) is 12.5 Å². The van der Waals surface area contributed by atoms with Gasteiger partial charge in [-0.15, -0.1) is 0 Å². The first-order valence-corrected chi connectivity index (χ1v) is 19.3. The largest absolute Gasteiger partial charge is 0.488 e. The Labute approximate surface area is 311 Å². The molecule has 0 atom stereocenters. The Kier molecular flexibility index (Phi) is 12.9. The van der Waals surface area contributed by atoms with E-state index in [2.05, 4.69) is 51.3 Å². The van der Waals surface area contributed by atoms with Crippen molar-refractivity contribution in [1.82, 2.24) is 20.1 Å². The van der Waals surface area contributed by atoms with E-state index in [1.165, 1.54) is 19.3 Å². The second kappa shape index (κ2) is 17.9. The minimum absolute atomic E-state index is 0.0386. The van der Waals surface area contributed by atoms with Gasteiger partial charge in [0.15, 0.2) is 0 Å². The number of aromatic nitrogens is 1. The van der Waals surface area contributed by atoms with E-state index in [0.29, 0.717) is 40.8 Å². The number of nitrogens with zero attached hydrogens (tertiary/aromatic N) is 4. The van der Waals surface area contributed by atoms with Crippen molar-refractivity contribution in [3.63, 3.8) is 0 Å². The van der Waals surface area contributed by atoms with Gasteiger partial charge in [0.1, 0.15) is 30.8 Å². The van der Waals surface area contributed by atoms with Crippen molar-refractivity contribution in [3.05, 3.63) is 111 Å². The molecule has 2 aliphatic heterocycles. The molecule has 3 heterocycles. The summed E-state index contributed by atoms with van der Waals surface area (Å²) in [5.41, 5.74) is 8.16. The molecule has 0 bridgehead atoms. The third-order valence-corrected chi connectivity index (χ3v) is 11.0. The maximum Gasteiger partial charge on any atom is 0.251 e. The summed E-state index contributed by atoms with van der Waals surface area (Å²) in [6.45, 7) is 11.2. The van der Waals surface area contributed by atoms with Crippen molar-refractivity contribution in [2.75, 3.05) is 50.8 Å². The van der Waals surface area contributed by atoms with Gasteiger partial charge in [-0.2, -0.15) is 17.0 Å². The van der Waals surface area contributed by atoms with Crippen LogP contribution in [0.3, 0.4) is 0 Å². The highest BCUT2D eigenvalue weighted by molar-refractivity contribution is 7.99. The lowest BCUT2D eigenvalue weighted by molar-refractivity contribution is 0.0948. The fourth-order valence-electron chi connectivity index (χ4n) is 6.80. The summed E-state index contributed by atoms with van der Waals surface area (Å²) in [6, 6.07) is 19.9. The molecule has 8 nitrogen and oxygen atoms in total. The SMILES string of the molecule is Cc1c(COc2cc(OCc3cncc(C#N)c3)c(CN3CCCCC3)cc2Cl)cccc1-c1cccc(C(=O)NCCN2CCSCC2)c1C. The van der Waals surface area contributed by atoms with Crippen LogP contribution in [-0.2, 0) is 19.8 Å². The van der Waals surface area contributed by atoms with Gasteiger partial charge in [-0.3, -0.25) is 19.6 Å². The molecule has 2 saturated heterocycles. The molecule has 266 valence electrons. The summed E-state index contributed by atoms with van der Waals surface area (Å²) in [6.07, 6.45) is 6.89. The molecule has 1 amide bonds. The number of rotatable bonds is 13. The zero-order chi connectivity index (χ0) is 35.6. The molecule has 0 radical (unpaired) electrons. The zero-order valence-corrected chi connectivity index (χ0v) is 31.1. The van der Waals surface area contributed by atoms with Crippen LogP contribution < -0.4 is 14.8 Å². The van der Waals surface area contributed by atoms with Crippen LogP contribution in [0.1, 0.15) is 63.0 Å². The number of thioether (sulfide) groups is 1. The highest BCUT2D eigenvalue weighted by Gasteiger charge is 2.19. The number of carbonyl (C=O) groups excluding carboxylic acids is 1. The first-order chi connectivity index (χ1) is 24.9. The lowest BCUT2D eigenvalue weighted by Gasteiger charge is -2.27. The summed E-state index contributed by atoms with van der Waals surface area (Å²) in [5.74, 6) is 3.52. The van der Waals surface area contributed by atoms with Crippen molar-refractivity contribution >= 4 is 29.3 Å². The minimum atomic E-state index is -0.0386. The number of hydrogen-bond acceptors (Lipinski definition) is 8. The number of halogens is 1. The Morgan fingerprint density at radius 3 is 2.41 bits per heavy atom. The van der Waals surface area contributed by atoms with Crippen LogP contribution in [0.5, 0.6) is 11.5 Å². The summed E-state index contributed by atoms with van der Waals surface area (Å²) < 4.78 is 12.8. The van der Waals surface area contributed by atoms with Gasteiger partial charge in [-0.05, 0) is 85.8 Å². The number of piperidine rings is 1. The van der Waals surface area contributed by atoms with Crippen molar-refractivity contribution in [1.29, 1.82) is 5.26 Å². The van der Waals surface area contributed by atoms with Gasteiger partial charge < -0.3 is 14.8 Å².